The van der Waals surface area contributed by atoms with E-state index in [-0.39, 0.29) is 25.4 Å². The molecular formula is C12H22FNO3. The number of hydrogen-bond donors (Lipinski definition) is 1. The maximum absolute atomic E-state index is 14.0. The smallest absolute Gasteiger partial charge is 0.410 e. The minimum atomic E-state index is -1.57. The Balaban J connectivity index is 2.58. The van der Waals surface area contributed by atoms with Crippen LogP contribution in [-0.4, -0.2) is 47.1 Å². The minimum absolute atomic E-state index is 0.157. The number of ether oxygens (including phenoxy) is 1. The highest BCUT2D eigenvalue weighted by Gasteiger charge is 2.42. The van der Waals surface area contributed by atoms with E-state index in [1.54, 1.807) is 27.7 Å². The monoisotopic (exact) mass is 247 g/mol. The third-order valence-electron chi connectivity index (χ3n) is 3.09. The lowest BCUT2D eigenvalue weighted by atomic mass is 9.84. The van der Waals surface area contributed by atoms with E-state index >= 15 is 0 Å². The Labute approximate surface area is 102 Å². The van der Waals surface area contributed by atoms with Gasteiger partial charge >= 0.3 is 6.09 Å². The van der Waals surface area contributed by atoms with E-state index < -0.39 is 24.0 Å². The van der Waals surface area contributed by atoms with Gasteiger partial charge in [-0.2, -0.15) is 0 Å². The van der Waals surface area contributed by atoms with Crippen molar-refractivity contribution in [3.8, 4) is 0 Å². The van der Waals surface area contributed by atoms with E-state index in [2.05, 4.69) is 0 Å². The summed E-state index contributed by atoms with van der Waals surface area (Å²) in [4.78, 5) is 13.3. The van der Waals surface area contributed by atoms with Crippen LogP contribution in [-0.2, 0) is 4.74 Å². The van der Waals surface area contributed by atoms with Crippen LogP contribution >= 0.6 is 0 Å². The summed E-state index contributed by atoms with van der Waals surface area (Å²) in [5.41, 5.74) is -2.11. The van der Waals surface area contributed by atoms with Crippen LogP contribution in [0.2, 0.25) is 0 Å². The van der Waals surface area contributed by atoms with Gasteiger partial charge in [0, 0.05) is 25.4 Å². The second-order valence-corrected chi connectivity index (χ2v) is 5.77. The van der Waals surface area contributed by atoms with Gasteiger partial charge < -0.3 is 14.7 Å². The fourth-order valence-electron chi connectivity index (χ4n) is 1.88. The van der Waals surface area contributed by atoms with Crippen LogP contribution in [0.3, 0.4) is 0 Å². The lowest BCUT2D eigenvalue weighted by molar-refractivity contribution is -0.0434. The molecule has 17 heavy (non-hydrogen) atoms. The molecule has 100 valence electrons. The number of aliphatic hydroxyl groups is 1. The van der Waals surface area contributed by atoms with Crippen LogP contribution in [0.25, 0.3) is 0 Å². The van der Waals surface area contributed by atoms with Crippen molar-refractivity contribution < 1.29 is 19.0 Å². The highest BCUT2D eigenvalue weighted by atomic mass is 19.1. The molecule has 2 unspecified atom stereocenters. The Morgan fingerprint density at radius 2 is 2.18 bits per heavy atom. The molecule has 0 aromatic heterocycles. The standard InChI is InChI=1S/C12H22FNO3/c1-9-7-14(6-5-12(9,13)8-15)10(16)17-11(2,3)4/h9,15H,5-8H2,1-4H3. The number of carbonyl (C=O) groups excluding carboxylic acids is 1. The van der Waals surface area contributed by atoms with Gasteiger partial charge in [0.05, 0.1) is 6.61 Å². The third kappa shape index (κ3) is 3.56. The molecule has 1 aliphatic rings. The maximum Gasteiger partial charge on any atom is 0.410 e. The molecule has 1 amide bonds. The third-order valence-corrected chi connectivity index (χ3v) is 3.09. The predicted octanol–water partition coefficient (Wildman–Crippen LogP) is 1.96. The number of alkyl halides is 1. The molecule has 0 aromatic rings. The van der Waals surface area contributed by atoms with Crippen LogP contribution in [0.15, 0.2) is 0 Å². The maximum atomic E-state index is 14.0. The summed E-state index contributed by atoms with van der Waals surface area (Å²) < 4.78 is 19.3. The van der Waals surface area contributed by atoms with Gasteiger partial charge in [-0.25, -0.2) is 9.18 Å². The summed E-state index contributed by atoms with van der Waals surface area (Å²) in [6.45, 7) is 7.17. The molecule has 2 atom stereocenters. The number of rotatable bonds is 1. The summed E-state index contributed by atoms with van der Waals surface area (Å²) in [6.07, 6.45) is -0.256. The number of likely N-dealkylation sites (tertiary alicyclic amines) is 1. The van der Waals surface area contributed by atoms with Gasteiger partial charge in [0.25, 0.3) is 0 Å². The molecule has 1 heterocycles. The van der Waals surface area contributed by atoms with E-state index in [9.17, 15) is 9.18 Å². The van der Waals surface area contributed by atoms with Gasteiger partial charge in [-0.15, -0.1) is 0 Å². The summed E-state index contributed by atoms with van der Waals surface area (Å²) in [6, 6.07) is 0. The van der Waals surface area contributed by atoms with Crippen molar-refractivity contribution in [1.29, 1.82) is 0 Å². The van der Waals surface area contributed by atoms with E-state index in [0.29, 0.717) is 0 Å². The van der Waals surface area contributed by atoms with Crippen molar-refractivity contribution in [2.75, 3.05) is 19.7 Å². The number of amides is 1. The molecule has 0 spiro atoms. The fraction of sp³-hybridized carbons (Fsp3) is 0.917. The molecule has 1 aliphatic heterocycles. The first-order valence-corrected chi connectivity index (χ1v) is 5.96. The summed E-state index contributed by atoms with van der Waals surface area (Å²) >= 11 is 0. The second kappa shape index (κ2) is 4.80. The zero-order valence-electron chi connectivity index (χ0n) is 11.0. The normalized spacial score (nSPS) is 30.2. The molecule has 5 heteroatoms. The molecule has 0 aromatic carbocycles. The van der Waals surface area contributed by atoms with Crippen molar-refractivity contribution >= 4 is 6.09 Å². The highest BCUT2D eigenvalue weighted by molar-refractivity contribution is 5.68. The molecular weight excluding hydrogens is 225 g/mol. The van der Waals surface area contributed by atoms with Crippen LogP contribution in [0, 0.1) is 5.92 Å². The lowest BCUT2D eigenvalue weighted by Gasteiger charge is -2.40. The van der Waals surface area contributed by atoms with Crippen LogP contribution < -0.4 is 0 Å². The zero-order chi connectivity index (χ0) is 13.3. The van der Waals surface area contributed by atoms with E-state index in [4.69, 9.17) is 9.84 Å². The Morgan fingerprint density at radius 1 is 1.59 bits per heavy atom. The number of piperidine rings is 1. The summed E-state index contributed by atoms with van der Waals surface area (Å²) in [7, 11) is 0. The zero-order valence-corrected chi connectivity index (χ0v) is 11.0. The topological polar surface area (TPSA) is 49.8 Å². The lowest BCUT2D eigenvalue weighted by Crippen LogP contribution is -2.52. The van der Waals surface area contributed by atoms with Crippen LogP contribution in [0.4, 0.5) is 9.18 Å². The van der Waals surface area contributed by atoms with E-state index in [0.717, 1.165) is 0 Å². The van der Waals surface area contributed by atoms with Gasteiger partial charge in [0.1, 0.15) is 11.3 Å². The van der Waals surface area contributed by atoms with Crippen molar-refractivity contribution in [3.05, 3.63) is 0 Å². The Hall–Kier alpha value is -0.840. The predicted molar refractivity (Wildman–Crippen MR) is 62.5 cm³/mol. The van der Waals surface area contributed by atoms with Gasteiger partial charge in [-0.3, -0.25) is 0 Å². The number of nitrogens with zero attached hydrogens (tertiary/aromatic N) is 1. The van der Waals surface area contributed by atoms with Gasteiger partial charge in [0.2, 0.25) is 0 Å². The fourth-order valence-corrected chi connectivity index (χ4v) is 1.88. The Kier molecular flexibility index (Phi) is 4.02. The highest BCUT2D eigenvalue weighted by Crippen LogP contribution is 2.31. The Bertz CT molecular complexity index is 290. The van der Waals surface area contributed by atoms with E-state index in [1.807, 2.05) is 0 Å². The molecule has 0 aliphatic carbocycles. The Morgan fingerprint density at radius 3 is 2.59 bits per heavy atom. The molecule has 1 saturated heterocycles. The van der Waals surface area contributed by atoms with Crippen LogP contribution in [0.5, 0.6) is 0 Å². The summed E-state index contributed by atoms with van der Waals surface area (Å²) in [5, 5.41) is 9.02. The number of halogens is 1. The van der Waals surface area contributed by atoms with Gasteiger partial charge in [0.15, 0.2) is 0 Å². The molecule has 4 nitrogen and oxygen atoms in total. The molecule has 0 bridgehead atoms. The minimum Gasteiger partial charge on any atom is -0.444 e. The molecule has 1 N–H and O–H groups in total. The molecule has 0 radical (unpaired) electrons. The average molecular weight is 247 g/mol. The summed E-state index contributed by atoms with van der Waals surface area (Å²) in [5.74, 6) is -0.381. The number of carbonyl (C=O) groups is 1. The van der Waals surface area contributed by atoms with Crippen molar-refractivity contribution in [3.63, 3.8) is 0 Å². The molecule has 1 fully saturated rings. The van der Waals surface area contributed by atoms with Crippen molar-refractivity contribution in [1.82, 2.24) is 4.90 Å². The quantitative estimate of drug-likeness (QED) is 0.770. The van der Waals surface area contributed by atoms with Gasteiger partial charge in [-0.1, -0.05) is 6.92 Å². The SMILES string of the molecule is CC1CN(C(=O)OC(C)(C)C)CCC1(F)CO. The largest absolute Gasteiger partial charge is 0.444 e. The average Bonchev–Trinajstić information content (AvgIpc) is 2.19. The first-order valence-electron chi connectivity index (χ1n) is 5.96. The number of aliphatic hydroxyl groups excluding tert-OH is 1. The number of hydrogen-bond acceptors (Lipinski definition) is 3. The van der Waals surface area contributed by atoms with Gasteiger partial charge in [-0.05, 0) is 20.8 Å². The van der Waals surface area contributed by atoms with Crippen molar-refractivity contribution in [2.45, 2.75) is 45.4 Å². The first kappa shape index (κ1) is 14.2. The molecule has 1 rings (SSSR count). The molecule has 0 saturated carbocycles. The first-order chi connectivity index (χ1) is 7.68. The second-order valence-electron chi connectivity index (χ2n) is 5.77. The van der Waals surface area contributed by atoms with Crippen LogP contribution in [0.1, 0.15) is 34.1 Å². The van der Waals surface area contributed by atoms with E-state index in [1.165, 1.54) is 4.90 Å². The van der Waals surface area contributed by atoms with Crippen molar-refractivity contribution in [2.24, 2.45) is 5.92 Å².